The number of aliphatic hydroxyl groups excluding tert-OH is 1. The molecule has 0 aliphatic carbocycles. The molecule has 3 aliphatic rings. The molecule has 2 amide bonds. The number of amides is 2. The highest BCUT2D eigenvalue weighted by atomic mass is 79.9. The van der Waals surface area contributed by atoms with Gasteiger partial charge in [0.05, 0.1) is 24.5 Å². The van der Waals surface area contributed by atoms with E-state index in [0.29, 0.717) is 32.4 Å². The zero-order valence-corrected chi connectivity index (χ0v) is 24.9. The van der Waals surface area contributed by atoms with Crippen LogP contribution in [-0.4, -0.2) is 87.1 Å². The quantitative estimate of drug-likeness (QED) is 0.163. The van der Waals surface area contributed by atoms with Crippen molar-refractivity contribution in [2.24, 2.45) is 17.3 Å². The Morgan fingerprint density at radius 3 is 2.51 bits per heavy atom. The summed E-state index contributed by atoms with van der Waals surface area (Å²) in [4.78, 5) is 45.0. The van der Waals surface area contributed by atoms with E-state index < -0.39 is 41.1 Å². The van der Waals surface area contributed by atoms with Crippen LogP contribution in [0.25, 0.3) is 0 Å². The van der Waals surface area contributed by atoms with Crippen LogP contribution >= 0.6 is 15.9 Å². The van der Waals surface area contributed by atoms with Gasteiger partial charge in [-0.3, -0.25) is 14.4 Å². The number of ether oxygens (including phenoxy) is 2. The Morgan fingerprint density at radius 2 is 1.95 bits per heavy atom. The lowest BCUT2D eigenvalue weighted by Crippen LogP contribution is -2.61. The summed E-state index contributed by atoms with van der Waals surface area (Å²) in [7, 11) is 0. The molecule has 3 aliphatic heterocycles. The zero-order chi connectivity index (χ0) is 27.8. The molecule has 0 aromatic rings. The van der Waals surface area contributed by atoms with Gasteiger partial charge >= 0.3 is 5.97 Å². The molecule has 2 bridgehead atoms. The van der Waals surface area contributed by atoms with Crippen LogP contribution in [0.3, 0.4) is 0 Å². The molecular formula is C28H45BrN2O6. The predicted molar refractivity (Wildman–Crippen MR) is 145 cm³/mol. The lowest BCUT2D eigenvalue weighted by Gasteiger charge is -2.45. The van der Waals surface area contributed by atoms with E-state index in [1.165, 1.54) is 0 Å². The monoisotopic (exact) mass is 584 g/mol. The third-order valence-corrected chi connectivity index (χ3v) is 8.76. The number of esters is 1. The third-order valence-electron chi connectivity index (χ3n) is 7.91. The Hall–Kier alpha value is -1.45. The summed E-state index contributed by atoms with van der Waals surface area (Å²) >= 11 is 3.69. The van der Waals surface area contributed by atoms with Crippen molar-refractivity contribution in [2.75, 3.05) is 26.3 Å². The van der Waals surface area contributed by atoms with Crippen molar-refractivity contribution >= 4 is 33.7 Å². The van der Waals surface area contributed by atoms with Crippen LogP contribution in [0.2, 0.25) is 0 Å². The van der Waals surface area contributed by atoms with Crippen LogP contribution in [-0.2, 0) is 23.9 Å². The molecule has 3 heterocycles. The number of rotatable bonds is 12. The fraction of sp³-hybridized carbons (Fsp3) is 0.821. The molecule has 3 saturated heterocycles. The van der Waals surface area contributed by atoms with Gasteiger partial charge in [0.15, 0.2) is 0 Å². The molecule has 9 heteroatoms. The van der Waals surface area contributed by atoms with Gasteiger partial charge in [-0.25, -0.2) is 0 Å². The maximum absolute atomic E-state index is 14.6. The average molecular weight is 586 g/mol. The molecule has 210 valence electrons. The van der Waals surface area contributed by atoms with Gasteiger partial charge < -0.3 is 24.4 Å². The first kappa shape index (κ1) is 30.1. The molecular weight excluding hydrogens is 540 g/mol. The summed E-state index contributed by atoms with van der Waals surface area (Å²) in [5, 5.41) is 9.23. The number of hydrogen-bond acceptors (Lipinski definition) is 6. The standard InChI is InChI=1S/C28H45BrN2O6/c1-8-13-31(27(6,7)17-26(3,4)5)24(34)22-28-16-18(29)21(37-28)19(25(35)36-9-2)20(28)23(33)30(22)14-11-10-12-15-32/h8,18-22,32H,1,9-17H2,2-7H3/t18?,19-,20+,21-,22-,28+/m0/s1. The van der Waals surface area contributed by atoms with Crippen molar-refractivity contribution in [3.63, 3.8) is 0 Å². The van der Waals surface area contributed by atoms with E-state index in [-0.39, 0.29) is 35.3 Å². The fourth-order valence-corrected chi connectivity index (χ4v) is 7.98. The lowest BCUT2D eigenvalue weighted by molar-refractivity contribution is -0.155. The van der Waals surface area contributed by atoms with Crippen LogP contribution in [0.15, 0.2) is 12.7 Å². The number of fused-ring (bicyclic) bond motifs is 1. The lowest BCUT2D eigenvalue weighted by atomic mass is 9.70. The summed E-state index contributed by atoms with van der Waals surface area (Å²) in [6.45, 7) is 17.2. The second-order valence-corrected chi connectivity index (χ2v) is 13.7. The number of aliphatic hydroxyl groups is 1. The molecule has 6 atom stereocenters. The minimum absolute atomic E-state index is 0.0300. The summed E-state index contributed by atoms with van der Waals surface area (Å²) in [5.41, 5.74) is -1.63. The van der Waals surface area contributed by atoms with Crippen LogP contribution < -0.4 is 0 Å². The van der Waals surface area contributed by atoms with Gasteiger partial charge in [-0.05, 0) is 58.3 Å². The second kappa shape index (κ2) is 11.3. The molecule has 0 aromatic heterocycles. The van der Waals surface area contributed by atoms with E-state index in [1.807, 2.05) is 4.90 Å². The van der Waals surface area contributed by atoms with Crippen LogP contribution in [0, 0.1) is 17.3 Å². The Labute approximate surface area is 230 Å². The Balaban J connectivity index is 2.06. The van der Waals surface area contributed by atoms with E-state index in [2.05, 4.69) is 57.1 Å². The summed E-state index contributed by atoms with van der Waals surface area (Å²) in [6.07, 6.45) is 4.44. The highest BCUT2D eigenvalue weighted by Gasteiger charge is 2.77. The Kier molecular flexibility index (Phi) is 9.23. The van der Waals surface area contributed by atoms with Crippen LogP contribution in [0.5, 0.6) is 0 Å². The van der Waals surface area contributed by atoms with Gasteiger partial charge in [0.2, 0.25) is 11.8 Å². The van der Waals surface area contributed by atoms with Crippen molar-refractivity contribution in [3.05, 3.63) is 12.7 Å². The first-order chi connectivity index (χ1) is 17.3. The maximum Gasteiger partial charge on any atom is 0.312 e. The number of likely N-dealkylation sites (tertiary alicyclic amines) is 1. The maximum atomic E-state index is 14.6. The fourth-order valence-electron chi connectivity index (χ4n) is 7.03. The van der Waals surface area contributed by atoms with Crippen molar-refractivity contribution in [1.82, 2.24) is 9.80 Å². The molecule has 1 spiro atoms. The number of hydrogen-bond donors (Lipinski definition) is 1. The number of nitrogens with zero attached hydrogens (tertiary/aromatic N) is 2. The molecule has 3 fully saturated rings. The van der Waals surface area contributed by atoms with Gasteiger partial charge in [0.25, 0.3) is 0 Å². The number of unbranched alkanes of at least 4 members (excludes halogenated alkanes) is 2. The van der Waals surface area contributed by atoms with E-state index in [1.54, 1.807) is 17.9 Å². The Bertz CT molecular complexity index is 886. The van der Waals surface area contributed by atoms with Gasteiger partial charge in [0, 0.05) is 30.1 Å². The zero-order valence-electron chi connectivity index (χ0n) is 23.3. The molecule has 0 radical (unpaired) electrons. The number of alkyl halides is 1. The summed E-state index contributed by atoms with van der Waals surface area (Å²) in [5.74, 6) is -2.33. The third kappa shape index (κ3) is 5.64. The van der Waals surface area contributed by atoms with Gasteiger partial charge in [0.1, 0.15) is 11.6 Å². The smallest absolute Gasteiger partial charge is 0.312 e. The predicted octanol–water partition coefficient (Wildman–Crippen LogP) is 3.69. The molecule has 0 saturated carbocycles. The molecule has 0 aromatic carbocycles. The van der Waals surface area contributed by atoms with E-state index in [0.717, 1.165) is 12.8 Å². The van der Waals surface area contributed by atoms with Crippen LogP contribution in [0.1, 0.15) is 73.6 Å². The minimum Gasteiger partial charge on any atom is -0.466 e. The van der Waals surface area contributed by atoms with Gasteiger partial charge in [-0.1, -0.05) is 42.8 Å². The van der Waals surface area contributed by atoms with E-state index >= 15 is 0 Å². The molecule has 37 heavy (non-hydrogen) atoms. The summed E-state index contributed by atoms with van der Waals surface area (Å²) in [6, 6.07) is -0.845. The molecule has 1 N–H and O–H groups in total. The first-order valence-corrected chi connectivity index (χ1v) is 14.5. The highest BCUT2D eigenvalue weighted by Crippen LogP contribution is 2.60. The highest BCUT2D eigenvalue weighted by molar-refractivity contribution is 9.09. The van der Waals surface area contributed by atoms with E-state index in [9.17, 15) is 19.5 Å². The van der Waals surface area contributed by atoms with Gasteiger partial charge in [-0.15, -0.1) is 6.58 Å². The van der Waals surface area contributed by atoms with Crippen LogP contribution in [0.4, 0.5) is 0 Å². The van der Waals surface area contributed by atoms with Crippen molar-refractivity contribution in [3.8, 4) is 0 Å². The first-order valence-electron chi connectivity index (χ1n) is 13.6. The molecule has 1 unspecified atom stereocenters. The summed E-state index contributed by atoms with van der Waals surface area (Å²) < 4.78 is 11.9. The number of carbonyl (C=O) groups is 3. The number of halogens is 1. The van der Waals surface area contributed by atoms with E-state index in [4.69, 9.17) is 9.47 Å². The topological polar surface area (TPSA) is 96.4 Å². The Morgan fingerprint density at radius 1 is 1.27 bits per heavy atom. The van der Waals surface area contributed by atoms with Crippen molar-refractivity contribution in [1.29, 1.82) is 0 Å². The average Bonchev–Trinajstić information content (AvgIpc) is 3.36. The van der Waals surface area contributed by atoms with Gasteiger partial charge in [-0.2, -0.15) is 0 Å². The normalized spacial score (nSPS) is 31.0. The SMILES string of the molecule is C=CCN(C(=O)[C@@H]1N(CCCCCO)C(=O)[C@H]2[C@H](C(=O)OCC)[C@H]3O[C@@]12CC3Br)C(C)(C)CC(C)(C)C. The molecule has 8 nitrogen and oxygen atoms in total. The van der Waals surface area contributed by atoms with Crippen molar-refractivity contribution < 1.29 is 29.0 Å². The number of carbonyl (C=O) groups excluding carboxylic acids is 3. The molecule has 3 rings (SSSR count). The minimum atomic E-state index is -1.10. The largest absolute Gasteiger partial charge is 0.466 e. The second-order valence-electron chi connectivity index (χ2n) is 12.5. The van der Waals surface area contributed by atoms with Crippen molar-refractivity contribution in [2.45, 2.75) is 102 Å².